The van der Waals surface area contributed by atoms with Gasteiger partial charge in [-0.3, -0.25) is 33.3 Å². The Morgan fingerprint density at radius 3 is 2.20 bits per heavy atom. The predicted molar refractivity (Wildman–Crippen MR) is 257 cm³/mol. The van der Waals surface area contributed by atoms with Crippen molar-refractivity contribution in [2.75, 3.05) is 19.8 Å². The summed E-state index contributed by atoms with van der Waals surface area (Å²) in [5.74, 6) is -6.04. The van der Waals surface area contributed by atoms with Gasteiger partial charge in [-0.25, -0.2) is 14.3 Å². The molecule has 1 saturated heterocycles. The number of oxime groups is 1. The van der Waals surface area contributed by atoms with Crippen LogP contribution in [0.25, 0.3) is 5.69 Å². The number of carboxylic acid groups (broad SMARTS) is 1. The minimum Gasteiger partial charge on any atom is -0.478 e. The Bertz CT molecular complexity index is 2420. The molecule has 1 aromatic carbocycles. The molecule has 1 fully saturated rings. The standard InChI is InChI=1S/C46H67N10O14P/c1-27(2)20-36(51-45(63)39-12-11-18-55(39)31(6)58)42(60)50-37(43(61)52-38(25-57)44(62)53-40(41(47)59)30(5)70-71(66,67)68)22-35-24-48-26-54(35)17-9-7-8-10-19-69-49-23-33-21-28(3)56(29(33)4)34-15-13-32(14-16-34)46(64)65/h13-16,21,23-24,26-27,30,36-40,57H,7-12,17-20,22,25H2,1-6H3,(H2,47,59)(H,50,60)(H,51,63)(H,52,61)(H,53,62)(H,64,65)(H2,66,67,68)/b49-23+/t30-,36+,37+,38+,39+,40+/m1/s1. The molecule has 0 aliphatic carbocycles. The first-order chi connectivity index (χ1) is 33.5. The third-order valence-corrected chi connectivity index (χ3v) is 12.4. The summed E-state index contributed by atoms with van der Waals surface area (Å²) in [6.45, 7) is 10.2. The molecule has 0 bridgehead atoms. The smallest absolute Gasteiger partial charge is 0.469 e. The summed E-state index contributed by atoms with van der Waals surface area (Å²) in [6.07, 6.45) is 7.01. The molecule has 0 saturated carbocycles. The van der Waals surface area contributed by atoms with Gasteiger partial charge >= 0.3 is 13.8 Å². The molecular formula is C46H67N10O14P. The van der Waals surface area contributed by atoms with E-state index in [-0.39, 0.29) is 30.2 Å². The highest BCUT2D eigenvalue weighted by Gasteiger charge is 2.37. The molecule has 6 atom stereocenters. The maximum atomic E-state index is 14.1. The zero-order valence-corrected chi connectivity index (χ0v) is 41.7. The molecule has 2 aromatic heterocycles. The van der Waals surface area contributed by atoms with Crippen molar-refractivity contribution in [3.63, 3.8) is 0 Å². The van der Waals surface area contributed by atoms with Gasteiger partial charge in [-0.05, 0) is 95.5 Å². The molecule has 3 aromatic rings. The van der Waals surface area contributed by atoms with E-state index < -0.39 is 86.2 Å². The third kappa shape index (κ3) is 17.1. The lowest BCUT2D eigenvalue weighted by molar-refractivity contribution is -0.139. The molecule has 0 spiro atoms. The van der Waals surface area contributed by atoms with E-state index in [0.717, 1.165) is 42.4 Å². The molecule has 1 aliphatic heterocycles. The summed E-state index contributed by atoms with van der Waals surface area (Å²) in [7, 11) is -5.14. The largest absolute Gasteiger partial charge is 0.478 e. The quantitative estimate of drug-likeness (QED) is 0.0213. The third-order valence-electron chi connectivity index (χ3n) is 11.8. The molecule has 0 radical (unpaired) electrons. The molecule has 4 rings (SSSR count). The van der Waals surface area contributed by atoms with Crippen LogP contribution in [0, 0.1) is 19.8 Å². The second kappa shape index (κ2) is 26.7. The number of carboxylic acids is 1. The molecule has 71 heavy (non-hydrogen) atoms. The molecule has 1 aliphatic rings. The van der Waals surface area contributed by atoms with Gasteiger partial charge in [0.25, 0.3) is 0 Å². The number of aromatic carboxylic acids is 1. The summed E-state index contributed by atoms with van der Waals surface area (Å²) >= 11 is 0. The first kappa shape index (κ1) is 57.1. The molecular weight excluding hydrogens is 948 g/mol. The van der Waals surface area contributed by atoms with Crippen molar-refractivity contribution in [2.45, 2.75) is 136 Å². The maximum absolute atomic E-state index is 14.1. The van der Waals surface area contributed by atoms with E-state index in [1.807, 2.05) is 38.3 Å². The Kier molecular flexibility index (Phi) is 21.5. The number of nitrogens with two attached hydrogens (primary N) is 1. The maximum Gasteiger partial charge on any atom is 0.469 e. The molecule has 24 nitrogen and oxygen atoms in total. The fourth-order valence-corrected chi connectivity index (χ4v) is 8.79. The highest BCUT2D eigenvalue weighted by atomic mass is 31.2. The number of amides is 6. The van der Waals surface area contributed by atoms with Gasteiger partial charge in [-0.1, -0.05) is 25.4 Å². The average molecular weight is 1020 g/mol. The monoisotopic (exact) mass is 1010 g/mol. The second-order valence-corrected chi connectivity index (χ2v) is 19.0. The van der Waals surface area contributed by atoms with Crippen LogP contribution in [-0.2, 0) is 55.7 Å². The number of phosphoric acid groups is 1. The number of benzene rings is 1. The van der Waals surface area contributed by atoms with Crippen molar-refractivity contribution >= 4 is 55.4 Å². The SMILES string of the molecule is CC(=O)N1CCC[C@H]1C(=O)N[C@@H](CC(C)C)C(=O)N[C@@H](Cc1cncn1CCCCCCO/N=C/c1cc(C)n(-c2ccc(C(=O)O)cc2)c1C)C(=O)N[C@@H](CO)C(=O)N[C@H](C(N)=O)[C@@H](C)OP(=O)(O)O. The number of aliphatic hydroxyl groups excluding tert-OH is 1. The summed E-state index contributed by atoms with van der Waals surface area (Å²) in [4.78, 5) is 120. The fourth-order valence-electron chi connectivity index (χ4n) is 8.23. The zero-order chi connectivity index (χ0) is 52.6. The van der Waals surface area contributed by atoms with Gasteiger partial charge in [-0.2, -0.15) is 0 Å². The number of phosphoric ester groups is 1. The highest BCUT2D eigenvalue weighted by molar-refractivity contribution is 7.46. The van der Waals surface area contributed by atoms with Crippen LogP contribution in [0.5, 0.6) is 0 Å². The normalized spacial score (nSPS) is 16.0. The number of likely N-dealkylation sites (tertiary alicyclic amines) is 1. The van der Waals surface area contributed by atoms with E-state index >= 15 is 0 Å². The molecule has 6 amide bonds. The predicted octanol–water partition coefficient (Wildman–Crippen LogP) is 1.11. The van der Waals surface area contributed by atoms with E-state index in [9.17, 15) is 58.1 Å². The Morgan fingerprint density at radius 1 is 0.930 bits per heavy atom. The minimum atomic E-state index is -5.14. The molecule has 0 unspecified atom stereocenters. The molecule has 25 heteroatoms. The zero-order valence-electron chi connectivity index (χ0n) is 40.8. The highest BCUT2D eigenvalue weighted by Crippen LogP contribution is 2.38. The van der Waals surface area contributed by atoms with Gasteiger partial charge in [-0.15, -0.1) is 0 Å². The van der Waals surface area contributed by atoms with Crippen LogP contribution in [0.3, 0.4) is 0 Å². The first-order valence-corrected chi connectivity index (χ1v) is 24.8. The van der Waals surface area contributed by atoms with E-state index in [1.54, 1.807) is 41.4 Å². The second-order valence-electron chi connectivity index (χ2n) is 17.8. The van der Waals surface area contributed by atoms with E-state index in [1.165, 1.54) is 18.0 Å². The van der Waals surface area contributed by atoms with Gasteiger partial charge in [0.1, 0.15) is 36.8 Å². The Balaban J connectivity index is 1.41. The number of aliphatic hydroxyl groups is 1. The number of carbonyl (C=O) groups is 7. The van der Waals surface area contributed by atoms with Crippen LogP contribution in [0.15, 0.2) is 48.0 Å². The number of nitrogens with zero attached hydrogens (tertiary/aromatic N) is 5. The number of rotatable bonds is 28. The lowest BCUT2D eigenvalue weighted by Crippen LogP contribution is -2.61. The van der Waals surface area contributed by atoms with Gasteiger partial charge in [0.05, 0.1) is 30.8 Å². The Hall–Kier alpha value is -6.46. The van der Waals surface area contributed by atoms with Crippen LogP contribution >= 0.6 is 7.82 Å². The summed E-state index contributed by atoms with van der Waals surface area (Å²) in [5.41, 5.74) is 9.58. The van der Waals surface area contributed by atoms with Crippen molar-refractivity contribution in [1.82, 2.24) is 40.3 Å². The summed E-state index contributed by atoms with van der Waals surface area (Å²) in [6, 6.07) is 1.62. The van der Waals surface area contributed by atoms with Crippen LogP contribution in [-0.4, -0.2) is 143 Å². The van der Waals surface area contributed by atoms with Crippen LogP contribution < -0.4 is 27.0 Å². The number of aromatic nitrogens is 3. The van der Waals surface area contributed by atoms with E-state index in [2.05, 4.69) is 35.9 Å². The van der Waals surface area contributed by atoms with Crippen molar-refractivity contribution in [3.05, 3.63) is 71.1 Å². The van der Waals surface area contributed by atoms with Crippen molar-refractivity contribution < 1.29 is 67.5 Å². The van der Waals surface area contributed by atoms with Gasteiger partial charge in [0.2, 0.25) is 35.4 Å². The minimum absolute atomic E-state index is 0.115. The van der Waals surface area contributed by atoms with Gasteiger partial charge in [0, 0.05) is 61.0 Å². The molecule has 10 N–H and O–H groups in total. The number of primary amides is 1. The summed E-state index contributed by atoms with van der Waals surface area (Å²) in [5, 5.41) is 33.5. The van der Waals surface area contributed by atoms with Crippen LogP contribution in [0.4, 0.5) is 0 Å². The number of unbranched alkanes of at least 4 members (excludes halogenated alkanes) is 3. The number of aryl methyl sites for hydroxylation is 2. The number of nitrogens with one attached hydrogen (secondary N) is 4. The molecule has 390 valence electrons. The lowest BCUT2D eigenvalue weighted by atomic mass is 10.0. The Labute approximate surface area is 411 Å². The first-order valence-electron chi connectivity index (χ1n) is 23.3. The summed E-state index contributed by atoms with van der Waals surface area (Å²) < 4.78 is 19.7. The topological polar surface area (TPSA) is 348 Å². The van der Waals surface area contributed by atoms with E-state index in [0.29, 0.717) is 51.1 Å². The number of hydrogen-bond donors (Lipinski definition) is 9. The van der Waals surface area contributed by atoms with Gasteiger partial charge < -0.3 is 65.9 Å². The number of imidazole rings is 1. The van der Waals surface area contributed by atoms with Crippen molar-refractivity contribution in [3.8, 4) is 5.69 Å². The average Bonchev–Trinajstić information content (AvgIpc) is 4.04. The molecule has 3 heterocycles. The number of hydrogen-bond acceptors (Lipinski definition) is 13. The number of carbonyl (C=O) groups excluding carboxylic acids is 6. The van der Waals surface area contributed by atoms with E-state index in [4.69, 9.17) is 10.6 Å². The van der Waals surface area contributed by atoms with Crippen molar-refractivity contribution in [2.24, 2.45) is 16.8 Å². The Morgan fingerprint density at radius 2 is 1.58 bits per heavy atom. The van der Waals surface area contributed by atoms with Crippen LogP contribution in [0.1, 0.15) is 106 Å². The lowest BCUT2D eigenvalue weighted by Gasteiger charge is -2.28. The van der Waals surface area contributed by atoms with Crippen LogP contribution in [0.2, 0.25) is 0 Å². The van der Waals surface area contributed by atoms with Crippen molar-refractivity contribution in [1.29, 1.82) is 0 Å². The fraction of sp³-hybridized carbons (Fsp3) is 0.543. The van der Waals surface area contributed by atoms with Gasteiger partial charge in [0.15, 0.2) is 0 Å².